The second-order valence-corrected chi connectivity index (χ2v) is 5.67. The summed E-state index contributed by atoms with van der Waals surface area (Å²) >= 11 is 0. The number of nitrogens with two attached hydrogens (primary N) is 1. The van der Waals surface area contributed by atoms with Crippen LogP contribution in [0.15, 0.2) is 24.3 Å². The highest BCUT2D eigenvalue weighted by Gasteiger charge is 2.15. The fraction of sp³-hybridized carbons (Fsp3) is 0.562. The summed E-state index contributed by atoms with van der Waals surface area (Å²) in [5.74, 6) is 0.373. The van der Waals surface area contributed by atoms with Crippen molar-refractivity contribution >= 4 is 11.7 Å². The van der Waals surface area contributed by atoms with Crippen molar-refractivity contribution in [3.63, 3.8) is 0 Å². The van der Waals surface area contributed by atoms with E-state index in [1.165, 1.54) is 0 Å². The van der Waals surface area contributed by atoms with Gasteiger partial charge in [0.05, 0.1) is 19.8 Å². The minimum Gasteiger partial charge on any atom is -0.491 e. The topological polar surface area (TPSA) is 80.0 Å². The predicted molar refractivity (Wildman–Crippen MR) is 83.8 cm³/mol. The van der Waals surface area contributed by atoms with E-state index in [1.54, 1.807) is 24.3 Å². The summed E-state index contributed by atoms with van der Waals surface area (Å²) in [5.41, 5.74) is 5.79. The minimum absolute atomic E-state index is 0.0669. The molecule has 124 valence electrons. The smallest absolute Gasteiger partial charge is 0.332 e. The number of ether oxygens (including phenoxy) is 4. The molecule has 1 rings (SSSR count). The second-order valence-electron chi connectivity index (χ2n) is 5.67. The molecule has 0 saturated heterocycles. The van der Waals surface area contributed by atoms with Crippen LogP contribution in [0.2, 0.25) is 0 Å². The molecule has 0 aliphatic carbocycles. The van der Waals surface area contributed by atoms with Crippen molar-refractivity contribution in [3.05, 3.63) is 24.3 Å². The van der Waals surface area contributed by atoms with Gasteiger partial charge in [-0.15, -0.1) is 0 Å². The van der Waals surface area contributed by atoms with E-state index in [9.17, 15) is 4.79 Å². The van der Waals surface area contributed by atoms with Crippen molar-refractivity contribution in [1.82, 2.24) is 0 Å². The third kappa shape index (κ3) is 9.20. The molecular formula is C16H25NO5. The first kappa shape index (κ1) is 18.3. The number of benzene rings is 1. The van der Waals surface area contributed by atoms with Crippen LogP contribution in [-0.2, 0) is 19.0 Å². The van der Waals surface area contributed by atoms with Crippen molar-refractivity contribution < 1.29 is 23.7 Å². The van der Waals surface area contributed by atoms with Crippen LogP contribution in [0.25, 0.3) is 0 Å². The van der Waals surface area contributed by atoms with Crippen molar-refractivity contribution in [2.45, 2.75) is 26.4 Å². The zero-order valence-electron chi connectivity index (χ0n) is 13.5. The molecular weight excluding hydrogens is 286 g/mol. The number of esters is 1. The van der Waals surface area contributed by atoms with Crippen LogP contribution in [0.4, 0.5) is 5.69 Å². The molecule has 0 bridgehead atoms. The van der Waals surface area contributed by atoms with Gasteiger partial charge in [0.2, 0.25) is 0 Å². The van der Waals surface area contributed by atoms with Crippen LogP contribution >= 0.6 is 0 Å². The molecule has 6 nitrogen and oxygen atoms in total. The van der Waals surface area contributed by atoms with E-state index >= 15 is 0 Å². The van der Waals surface area contributed by atoms with Crippen LogP contribution in [-0.4, -0.2) is 44.6 Å². The van der Waals surface area contributed by atoms with Crippen molar-refractivity contribution in [2.75, 3.05) is 38.8 Å². The largest absolute Gasteiger partial charge is 0.491 e. The van der Waals surface area contributed by atoms with Gasteiger partial charge in [-0.1, -0.05) is 0 Å². The van der Waals surface area contributed by atoms with E-state index in [2.05, 4.69) is 0 Å². The van der Waals surface area contributed by atoms with E-state index < -0.39 is 5.60 Å². The van der Waals surface area contributed by atoms with E-state index in [0.717, 1.165) is 5.75 Å². The lowest BCUT2D eigenvalue weighted by atomic mass is 10.2. The number of carbonyl (C=O) groups excluding carboxylic acids is 1. The van der Waals surface area contributed by atoms with Gasteiger partial charge in [-0.05, 0) is 45.0 Å². The Balaban J connectivity index is 1.95. The number of rotatable bonds is 9. The zero-order chi connectivity index (χ0) is 16.4. The molecule has 0 heterocycles. The molecule has 0 fully saturated rings. The molecule has 1 aromatic rings. The molecule has 1 aromatic carbocycles. The Bertz CT molecular complexity index is 439. The first-order chi connectivity index (χ1) is 10.4. The van der Waals surface area contributed by atoms with Crippen LogP contribution in [0.1, 0.15) is 20.8 Å². The number of carbonyl (C=O) groups is 1. The summed E-state index contributed by atoms with van der Waals surface area (Å²) in [6.45, 7) is 6.99. The lowest BCUT2D eigenvalue weighted by molar-refractivity contribution is -0.160. The lowest BCUT2D eigenvalue weighted by Crippen LogP contribution is -2.27. The highest BCUT2D eigenvalue weighted by atomic mass is 16.6. The maximum absolute atomic E-state index is 11.4. The lowest BCUT2D eigenvalue weighted by Gasteiger charge is -2.19. The monoisotopic (exact) mass is 311 g/mol. The Morgan fingerprint density at radius 3 is 2.23 bits per heavy atom. The van der Waals surface area contributed by atoms with Gasteiger partial charge in [-0.2, -0.15) is 0 Å². The molecule has 0 radical (unpaired) electrons. The van der Waals surface area contributed by atoms with Gasteiger partial charge >= 0.3 is 5.97 Å². The molecule has 2 N–H and O–H groups in total. The van der Waals surface area contributed by atoms with E-state index in [4.69, 9.17) is 24.7 Å². The summed E-state index contributed by atoms with van der Waals surface area (Å²) in [7, 11) is 0. The third-order valence-corrected chi connectivity index (χ3v) is 2.39. The molecule has 0 amide bonds. The Hall–Kier alpha value is -1.79. The highest BCUT2D eigenvalue weighted by Crippen LogP contribution is 2.12. The number of hydrogen-bond donors (Lipinski definition) is 1. The SMILES string of the molecule is CC(C)(C)OC(=O)COCCOCCOc1ccc(N)cc1. The van der Waals surface area contributed by atoms with Gasteiger partial charge in [-0.25, -0.2) is 4.79 Å². The number of nitrogen functional groups attached to an aromatic ring is 1. The van der Waals surface area contributed by atoms with Crippen molar-refractivity contribution in [2.24, 2.45) is 0 Å². The fourth-order valence-corrected chi connectivity index (χ4v) is 1.53. The van der Waals surface area contributed by atoms with Crippen LogP contribution in [0.5, 0.6) is 5.75 Å². The van der Waals surface area contributed by atoms with Gasteiger partial charge in [0.1, 0.15) is 24.6 Å². The van der Waals surface area contributed by atoms with E-state index in [0.29, 0.717) is 32.1 Å². The van der Waals surface area contributed by atoms with E-state index in [-0.39, 0.29) is 12.6 Å². The highest BCUT2D eigenvalue weighted by molar-refractivity contribution is 5.71. The summed E-state index contributed by atoms with van der Waals surface area (Å²) < 4.78 is 21.1. The van der Waals surface area contributed by atoms with Gasteiger partial charge in [0.25, 0.3) is 0 Å². The maximum Gasteiger partial charge on any atom is 0.332 e. The van der Waals surface area contributed by atoms with E-state index in [1.807, 2.05) is 20.8 Å². The van der Waals surface area contributed by atoms with Gasteiger partial charge in [0.15, 0.2) is 0 Å². The number of anilines is 1. The second kappa shape index (κ2) is 9.27. The first-order valence-corrected chi connectivity index (χ1v) is 7.22. The normalized spacial score (nSPS) is 11.2. The Kier molecular flexibility index (Phi) is 7.70. The van der Waals surface area contributed by atoms with Crippen LogP contribution in [0, 0.1) is 0 Å². The Morgan fingerprint density at radius 1 is 1.00 bits per heavy atom. The average Bonchev–Trinajstić information content (AvgIpc) is 2.42. The third-order valence-electron chi connectivity index (χ3n) is 2.39. The van der Waals surface area contributed by atoms with Crippen LogP contribution < -0.4 is 10.5 Å². The first-order valence-electron chi connectivity index (χ1n) is 7.22. The Morgan fingerprint density at radius 2 is 1.59 bits per heavy atom. The molecule has 22 heavy (non-hydrogen) atoms. The fourth-order valence-electron chi connectivity index (χ4n) is 1.53. The molecule has 6 heteroatoms. The van der Waals surface area contributed by atoms with Crippen molar-refractivity contribution in [1.29, 1.82) is 0 Å². The molecule has 0 aliphatic rings. The summed E-state index contributed by atoms with van der Waals surface area (Å²) in [6.07, 6.45) is 0. The predicted octanol–water partition coefficient (Wildman–Crippen LogP) is 2.02. The van der Waals surface area contributed by atoms with Crippen LogP contribution in [0.3, 0.4) is 0 Å². The van der Waals surface area contributed by atoms with Gasteiger partial charge in [0, 0.05) is 5.69 Å². The minimum atomic E-state index is -0.490. The van der Waals surface area contributed by atoms with Gasteiger partial charge in [-0.3, -0.25) is 0 Å². The average molecular weight is 311 g/mol. The Labute approximate surface area is 131 Å². The summed E-state index contributed by atoms with van der Waals surface area (Å²) in [6, 6.07) is 7.17. The molecule has 0 aliphatic heterocycles. The van der Waals surface area contributed by atoms with Gasteiger partial charge < -0.3 is 24.7 Å². The molecule has 0 aromatic heterocycles. The quantitative estimate of drug-likeness (QED) is 0.427. The summed E-state index contributed by atoms with van der Waals surface area (Å²) in [5, 5.41) is 0. The standard InChI is InChI=1S/C16H25NO5/c1-16(2,3)22-15(18)12-20-9-8-19-10-11-21-14-6-4-13(17)5-7-14/h4-7H,8-12,17H2,1-3H3. The molecule has 0 atom stereocenters. The molecule has 0 saturated carbocycles. The van der Waals surface area contributed by atoms with Crippen molar-refractivity contribution in [3.8, 4) is 5.75 Å². The number of hydrogen-bond acceptors (Lipinski definition) is 6. The summed E-state index contributed by atoms with van der Waals surface area (Å²) in [4.78, 5) is 11.4. The zero-order valence-corrected chi connectivity index (χ0v) is 13.5. The molecule has 0 spiro atoms. The molecule has 0 unspecified atom stereocenters. The maximum atomic E-state index is 11.4.